The molecule has 1 saturated heterocycles. The highest BCUT2D eigenvalue weighted by Crippen LogP contribution is 2.36. The summed E-state index contributed by atoms with van der Waals surface area (Å²) < 4.78 is 12.3. The van der Waals surface area contributed by atoms with Crippen LogP contribution in [0.3, 0.4) is 0 Å². The number of aryl methyl sites for hydroxylation is 1. The molecule has 1 N–H and O–H groups in total. The number of hydrogen-bond acceptors (Lipinski definition) is 7. The van der Waals surface area contributed by atoms with Crippen molar-refractivity contribution in [2.45, 2.75) is 20.5 Å². The SMILES string of the molecule is CCOc1cc(/C=C2\C(=O)NC(=O)N(c3cccc(C)c3)C2=O)cc(I)c1OCc1cccc([N+](=O)[O-])c1. The maximum atomic E-state index is 13.2. The highest BCUT2D eigenvalue weighted by molar-refractivity contribution is 14.1. The van der Waals surface area contributed by atoms with Crippen molar-refractivity contribution in [1.82, 2.24) is 5.32 Å². The third-order valence-electron chi connectivity index (χ3n) is 5.51. The number of carbonyl (C=O) groups excluding carboxylic acids is 3. The van der Waals surface area contributed by atoms with Gasteiger partial charge in [-0.2, -0.15) is 0 Å². The fourth-order valence-corrected chi connectivity index (χ4v) is 4.60. The molecule has 3 aromatic carbocycles. The second-order valence-corrected chi connectivity index (χ2v) is 9.44. The van der Waals surface area contributed by atoms with Crippen molar-refractivity contribution >= 4 is 57.9 Å². The fraction of sp³-hybridized carbons (Fsp3) is 0.148. The van der Waals surface area contributed by atoms with Gasteiger partial charge in [0, 0.05) is 12.1 Å². The topological polar surface area (TPSA) is 128 Å². The molecule has 3 aromatic rings. The maximum Gasteiger partial charge on any atom is 0.335 e. The Morgan fingerprint density at radius 2 is 1.82 bits per heavy atom. The van der Waals surface area contributed by atoms with Crippen LogP contribution in [0.4, 0.5) is 16.2 Å². The first kappa shape index (κ1) is 26.8. The number of rotatable bonds is 8. The van der Waals surface area contributed by atoms with E-state index in [9.17, 15) is 24.5 Å². The molecule has 1 fully saturated rings. The summed E-state index contributed by atoms with van der Waals surface area (Å²) in [6.45, 7) is 4.01. The van der Waals surface area contributed by atoms with Crippen LogP contribution in [0.1, 0.15) is 23.6 Å². The number of anilines is 1. The Morgan fingerprint density at radius 1 is 1.05 bits per heavy atom. The van der Waals surface area contributed by atoms with Gasteiger partial charge >= 0.3 is 6.03 Å². The van der Waals surface area contributed by atoms with Crippen molar-refractivity contribution < 1.29 is 28.8 Å². The first-order chi connectivity index (χ1) is 18.2. The highest BCUT2D eigenvalue weighted by Gasteiger charge is 2.37. The normalized spacial score (nSPS) is 14.4. The number of ether oxygens (including phenoxy) is 2. The van der Waals surface area contributed by atoms with Gasteiger partial charge in [-0.25, -0.2) is 9.69 Å². The van der Waals surface area contributed by atoms with E-state index < -0.39 is 22.8 Å². The Hall–Kier alpha value is -4.26. The van der Waals surface area contributed by atoms with Gasteiger partial charge in [0.1, 0.15) is 12.2 Å². The minimum absolute atomic E-state index is 0.0404. The van der Waals surface area contributed by atoms with Crippen LogP contribution in [-0.4, -0.2) is 29.4 Å². The van der Waals surface area contributed by atoms with Gasteiger partial charge in [0.25, 0.3) is 17.5 Å². The predicted octanol–water partition coefficient (Wildman–Crippen LogP) is 5.15. The third-order valence-corrected chi connectivity index (χ3v) is 6.31. The molecule has 10 nitrogen and oxygen atoms in total. The average Bonchev–Trinajstić information content (AvgIpc) is 2.86. The predicted molar refractivity (Wildman–Crippen MR) is 148 cm³/mol. The summed E-state index contributed by atoms with van der Waals surface area (Å²) in [4.78, 5) is 49.8. The van der Waals surface area contributed by atoms with E-state index in [1.165, 1.54) is 18.2 Å². The summed E-state index contributed by atoms with van der Waals surface area (Å²) in [5.41, 5.74) is 2.03. The number of urea groups is 1. The summed E-state index contributed by atoms with van der Waals surface area (Å²) in [6.07, 6.45) is 1.39. The van der Waals surface area contributed by atoms with Crippen LogP contribution >= 0.6 is 22.6 Å². The van der Waals surface area contributed by atoms with Crippen molar-refractivity contribution in [1.29, 1.82) is 0 Å². The number of nitrogens with zero attached hydrogens (tertiary/aromatic N) is 2. The van der Waals surface area contributed by atoms with Gasteiger partial charge in [0.15, 0.2) is 11.5 Å². The van der Waals surface area contributed by atoms with Crippen LogP contribution in [0.15, 0.2) is 66.2 Å². The molecule has 0 aromatic heterocycles. The largest absolute Gasteiger partial charge is 0.490 e. The number of imide groups is 2. The number of hydrogen-bond donors (Lipinski definition) is 1. The lowest BCUT2D eigenvalue weighted by Gasteiger charge is -2.26. The lowest BCUT2D eigenvalue weighted by Crippen LogP contribution is -2.54. The van der Waals surface area contributed by atoms with Crippen molar-refractivity contribution in [2.75, 3.05) is 11.5 Å². The van der Waals surface area contributed by atoms with Crippen LogP contribution < -0.4 is 19.7 Å². The number of barbiturate groups is 1. The highest BCUT2D eigenvalue weighted by atomic mass is 127. The smallest absolute Gasteiger partial charge is 0.335 e. The summed E-state index contributed by atoms with van der Waals surface area (Å²) in [7, 11) is 0. The number of halogens is 1. The molecule has 4 amide bonds. The Bertz CT molecular complexity index is 1490. The number of nitrogens with one attached hydrogen (secondary N) is 1. The Balaban J connectivity index is 1.65. The van der Waals surface area contributed by atoms with Crippen molar-refractivity contribution in [3.63, 3.8) is 0 Å². The van der Waals surface area contributed by atoms with Crippen molar-refractivity contribution in [3.05, 3.63) is 96.6 Å². The maximum absolute atomic E-state index is 13.2. The summed E-state index contributed by atoms with van der Waals surface area (Å²) >= 11 is 2.04. The molecule has 11 heteroatoms. The summed E-state index contributed by atoms with van der Waals surface area (Å²) in [5, 5.41) is 13.3. The molecular formula is C27H22IN3O7. The molecular weight excluding hydrogens is 605 g/mol. The molecule has 0 radical (unpaired) electrons. The average molecular weight is 627 g/mol. The van der Waals surface area contributed by atoms with E-state index in [2.05, 4.69) is 5.32 Å². The van der Waals surface area contributed by atoms with Gasteiger partial charge in [-0.15, -0.1) is 0 Å². The molecule has 0 bridgehead atoms. The zero-order valence-corrected chi connectivity index (χ0v) is 22.6. The van der Waals surface area contributed by atoms with Crippen LogP contribution in [0.5, 0.6) is 11.5 Å². The molecule has 0 unspecified atom stereocenters. The summed E-state index contributed by atoms with van der Waals surface area (Å²) in [6, 6.07) is 15.5. The van der Waals surface area contributed by atoms with Gasteiger partial charge in [-0.3, -0.25) is 25.0 Å². The summed E-state index contributed by atoms with van der Waals surface area (Å²) in [5.74, 6) is -0.768. The van der Waals surface area contributed by atoms with E-state index >= 15 is 0 Å². The van der Waals surface area contributed by atoms with Gasteiger partial charge in [-0.05, 0) is 83.5 Å². The van der Waals surface area contributed by atoms with Gasteiger partial charge in [-0.1, -0.05) is 24.3 Å². The molecule has 1 aliphatic heterocycles. The zero-order chi connectivity index (χ0) is 27.4. The van der Waals surface area contributed by atoms with Gasteiger partial charge in [0.2, 0.25) is 0 Å². The molecule has 0 atom stereocenters. The van der Waals surface area contributed by atoms with Crippen LogP contribution in [-0.2, 0) is 16.2 Å². The third kappa shape index (κ3) is 5.83. The van der Waals surface area contributed by atoms with E-state index in [4.69, 9.17) is 9.47 Å². The zero-order valence-electron chi connectivity index (χ0n) is 20.4. The van der Waals surface area contributed by atoms with Gasteiger partial charge in [0.05, 0.1) is 20.8 Å². The van der Waals surface area contributed by atoms with Gasteiger partial charge < -0.3 is 9.47 Å². The second kappa shape index (κ2) is 11.4. The van der Waals surface area contributed by atoms with E-state index in [0.29, 0.717) is 38.5 Å². The first-order valence-corrected chi connectivity index (χ1v) is 12.6. The molecule has 4 rings (SSSR count). The minimum Gasteiger partial charge on any atom is -0.490 e. The fourth-order valence-electron chi connectivity index (χ4n) is 3.82. The Morgan fingerprint density at radius 3 is 2.53 bits per heavy atom. The van der Waals surface area contributed by atoms with Crippen molar-refractivity contribution in [2.24, 2.45) is 0 Å². The second-order valence-electron chi connectivity index (χ2n) is 8.28. The van der Waals surface area contributed by atoms with E-state index in [0.717, 1.165) is 10.5 Å². The number of non-ortho nitro benzene ring substituents is 1. The minimum atomic E-state index is -0.822. The standard InChI is InChI=1S/C27H22IN3O7/c1-3-37-23-14-18(13-22(28)24(23)38-15-17-7-5-9-20(11-17)31(35)36)12-21-25(32)29-27(34)30(26(21)33)19-8-4-6-16(2)10-19/h4-14H,3,15H2,1-2H3,(H,29,32,34)/b21-12+. The quantitative estimate of drug-likeness (QED) is 0.120. The Kier molecular flexibility index (Phi) is 8.05. The van der Waals surface area contributed by atoms with E-state index in [-0.39, 0.29) is 17.9 Å². The molecule has 1 aliphatic rings. The first-order valence-electron chi connectivity index (χ1n) is 11.5. The lowest BCUT2D eigenvalue weighted by atomic mass is 10.1. The van der Waals surface area contributed by atoms with E-state index in [1.54, 1.807) is 49.4 Å². The molecule has 194 valence electrons. The molecule has 0 aliphatic carbocycles. The number of nitro benzene ring substituents is 1. The number of nitro groups is 1. The number of benzene rings is 3. The number of carbonyl (C=O) groups is 3. The lowest BCUT2D eigenvalue weighted by molar-refractivity contribution is -0.384. The molecule has 1 heterocycles. The van der Waals surface area contributed by atoms with Crippen LogP contribution in [0.2, 0.25) is 0 Å². The molecule has 38 heavy (non-hydrogen) atoms. The number of amides is 4. The van der Waals surface area contributed by atoms with Crippen molar-refractivity contribution in [3.8, 4) is 11.5 Å². The van der Waals surface area contributed by atoms with Crippen LogP contribution in [0, 0.1) is 20.6 Å². The van der Waals surface area contributed by atoms with E-state index in [1.807, 2.05) is 35.6 Å². The van der Waals surface area contributed by atoms with Crippen LogP contribution in [0.25, 0.3) is 6.08 Å². The Labute approximate surface area is 231 Å². The monoisotopic (exact) mass is 627 g/mol. The molecule has 0 spiro atoms. The molecule has 0 saturated carbocycles.